The fourth-order valence-electron chi connectivity index (χ4n) is 8.46. The summed E-state index contributed by atoms with van der Waals surface area (Å²) in [6, 6.07) is 3.62. The van der Waals surface area contributed by atoms with E-state index in [0.29, 0.717) is 29.7 Å². The average Bonchev–Trinajstić information content (AvgIpc) is 3.39. The molecule has 3 fully saturated rings. The number of aliphatic hydroxyl groups excluding tert-OH is 1. The number of hydrogen-bond donors (Lipinski definition) is 1. The Bertz CT molecular complexity index is 1320. The van der Waals surface area contributed by atoms with E-state index in [4.69, 9.17) is 14.2 Å². The lowest BCUT2D eigenvalue weighted by Crippen LogP contribution is -2.69. The fraction of sp³-hybridized carbons (Fsp3) is 0.586. The molecule has 0 spiro atoms. The number of nitrogens with zero attached hydrogens (tertiary/aromatic N) is 2. The molecule has 1 unspecified atom stereocenters. The number of carbonyl (C=O) groups is 2. The zero-order valence-corrected chi connectivity index (χ0v) is 21.6. The molecule has 1 saturated heterocycles. The maximum atomic E-state index is 17.5. The number of methoxy groups -OCH3 is 1. The number of aliphatic hydroxyl groups is 1. The third-order valence-electron chi connectivity index (χ3n) is 10.3. The minimum Gasteiger partial charge on any atom is -0.496 e. The summed E-state index contributed by atoms with van der Waals surface area (Å²) >= 11 is 0. The van der Waals surface area contributed by atoms with Crippen LogP contribution in [0, 0.1) is 34.0 Å². The van der Waals surface area contributed by atoms with Gasteiger partial charge in [0.05, 0.1) is 37.4 Å². The van der Waals surface area contributed by atoms with Gasteiger partial charge >= 0.3 is 0 Å². The van der Waals surface area contributed by atoms with Crippen molar-refractivity contribution in [3.8, 4) is 11.8 Å². The summed E-state index contributed by atoms with van der Waals surface area (Å²) < 4.78 is 35.8. The number of carbonyl (C=O) groups excluding carboxylic acids is 2. The van der Waals surface area contributed by atoms with Gasteiger partial charge in [-0.05, 0) is 44.2 Å². The van der Waals surface area contributed by atoms with Crippen molar-refractivity contribution in [1.82, 2.24) is 4.98 Å². The van der Waals surface area contributed by atoms with E-state index in [1.807, 2.05) is 19.1 Å². The van der Waals surface area contributed by atoms with Gasteiger partial charge in [-0.15, -0.1) is 0 Å². The first-order valence-electron chi connectivity index (χ1n) is 13.1. The van der Waals surface area contributed by atoms with E-state index >= 15 is 4.39 Å². The number of halogens is 1. The summed E-state index contributed by atoms with van der Waals surface area (Å²) in [4.78, 5) is 30.1. The minimum absolute atomic E-state index is 0.0523. The van der Waals surface area contributed by atoms with Crippen LogP contribution in [-0.2, 0) is 19.1 Å². The smallest absolute Gasteiger partial charge is 0.190 e. The predicted molar refractivity (Wildman–Crippen MR) is 131 cm³/mol. The van der Waals surface area contributed by atoms with Crippen LogP contribution in [0.25, 0.3) is 0 Å². The third kappa shape index (κ3) is 2.91. The van der Waals surface area contributed by atoms with Gasteiger partial charge < -0.3 is 19.3 Å². The molecule has 0 bridgehead atoms. The Morgan fingerprint density at radius 3 is 2.89 bits per heavy atom. The van der Waals surface area contributed by atoms with E-state index in [2.05, 4.69) is 4.98 Å². The van der Waals surface area contributed by atoms with Crippen molar-refractivity contribution in [3.63, 3.8) is 0 Å². The van der Waals surface area contributed by atoms with Gasteiger partial charge in [-0.25, -0.2) is 4.39 Å². The normalized spacial score (nSPS) is 44.8. The Morgan fingerprint density at radius 2 is 2.16 bits per heavy atom. The molecule has 1 aromatic rings. The number of alkyl halides is 1. The Hall–Kier alpha value is -2.93. The first-order chi connectivity index (χ1) is 18.1. The topological polar surface area (TPSA) is 119 Å². The molecule has 2 saturated carbocycles. The number of nitriles is 1. The van der Waals surface area contributed by atoms with E-state index in [9.17, 15) is 20.0 Å². The molecule has 0 aromatic carbocycles. The molecule has 4 aliphatic carbocycles. The molecular weight excluding hydrogens is 491 g/mol. The molecule has 6 rings (SSSR count). The van der Waals surface area contributed by atoms with Crippen LogP contribution in [0.5, 0.6) is 5.75 Å². The Balaban J connectivity index is 1.45. The van der Waals surface area contributed by atoms with Crippen LogP contribution in [-0.4, -0.2) is 52.2 Å². The lowest BCUT2D eigenvalue weighted by Gasteiger charge is -2.62. The third-order valence-corrected chi connectivity index (χ3v) is 10.3. The van der Waals surface area contributed by atoms with E-state index in [0.717, 1.165) is 0 Å². The Kier molecular flexibility index (Phi) is 5.53. The van der Waals surface area contributed by atoms with Crippen molar-refractivity contribution in [2.24, 2.45) is 22.7 Å². The number of fused-ring (bicyclic) bond motifs is 7. The van der Waals surface area contributed by atoms with Crippen LogP contribution in [0.2, 0.25) is 0 Å². The highest BCUT2D eigenvalue weighted by molar-refractivity contribution is 5.94. The highest BCUT2D eigenvalue weighted by Gasteiger charge is 2.79. The van der Waals surface area contributed by atoms with E-state index in [1.54, 1.807) is 31.5 Å². The average molecular weight is 523 g/mol. The molecule has 0 amide bonds. The zero-order valence-electron chi connectivity index (χ0n) is 21.6. The molecule has 38 heavy (non-hydrogen) atoms. The van der Waals surface area contributed by atoms with Crippen molar-refractivity contribution >= 4 is 11.6 Å². The second kappa shape index (κ2) is 8.28. The molecule has 200 valence electrons. The van der Waals surface area contributed by atoms with Crippen LogP contribution in [0.15, 0.2) is 42.3 Å². The van der Waals surface area contributed by atoms with Crippen molar-refractivity contribution < 1.29 is 33.3 Å². The molecule has 9 atom stereocenters. The maximum Gasteiger partial charge on any atom is 0.190 e. The summed E-state index contributed by atoms with van der Waals surface area (Å²) in [6.07, 6.45) is 5.28. The van der Waals surface area contributed by atoms with E-state index in [1.165, 1.54) is 13.2 Å². The fourth-order valence-corrected chi connectivity index (χ4v) is 8.46. The summed E-state index contributed by atoms with van der Waals surface area (Å²) in [7, 11) is 1.51. The van der Waals surface area contributed by atoms with Crippen LogP contribution < -0.4 is 4.74 Å². The molecule has 9 heteroatoms. The SMILES string of the molecule is COc1ccncc1C1O[C@@H]2C[C@H]3[C@@H]4CC=C5CC(=O)C=C[C@]5(C)[C@@]4(F)[C@@H](O)C[C@]3(C)[C@]2(C(=O)CC#N)O1. The van der Waals surface area contributed by atoms with Gasteiger partial charge in [0.2, 0.25) is 0 Å². The standard InChI is InChI=1S/C29H31FN2O6/c1-26-9-6-17(33)12-16(26)4-5-19-20-13-24-29(22(34)7-10-31,27(20,2)14-23(35)28(19,26)30)38-25(37-24)18-15-32-11-8-21(18)36-3/h4,6,8-9,11,15,19-20,23-25,35H,5,7,12-14H2,1-3H3/t19-,20-,23-,24+,25?,26-,27-,28-,29+/m0/s1. The van der Waals surface area contributed by atoms with Crippen LogP contribution >= 0.6 is 0 Å². The lowest BCUT2D eigenvalue weighted by molar-refractivity contribution is -0.226. The van der Waals surface area contributed by atoms with Gasteiger partial charge in [0.15, 0.2) is 29.1 Å². The molecular formula is C29H31FN2O6. The number of ether oxygens (including phenoxy) is 3. The number of ketones is 2. The van der Waals surface area contributed by atoms with Crippen molar-refractivity contribution in [3.05, 3.63) is 47.8 Å². The second-order valence-electron chi connectivity index (χ2n) is 11.7. The number of rotatable bonds is 4. The van der Waals surface area contributed by atoms with Crippen molar-refractivity contribution in [1.29, 1.82) is 5.26 Å². The predicted octanol–water partition coefficient (Wildman–Crippen LogP) is 3.71. The van der Waals surface area contributed by atoms with Gasteiger partial charge in [-0.3, -0.25) is 14.6 Å². The van der Waals surface area contributed by atoms with E-state index in [-0.39, 0.29) is 24.5 Å². The maximum absolute atomic E-state index is 17.5. The van der Waals surface area contributed by atoms with Gasteiger partial charge in [0.1, 0.15) is 5.75 Å². The lowest BCUT2D eigenvalue weighted by atomic mass is 9.45. The van der Waals surface area contributed by atoms with Crippen LogP contribution in [0.1, 0.15) is 57.8 Å². The van der Waals surface area contributed by atoms with E-state index < -0.39 is 58.7 Å². The van der Waals surface area contributed by atoms with Crippen LogP contribution in [0.4, 0.5) is 4.39 Å². The summed E-state index contributed by atoms with van der Waals surface area (Å²) in [5.41, 5.74) is -4.53. The van der Waals surface area contributed by atoms with Gasteiger partial charge in [0, 0.05) is 35.6 Å². The van der Waals surface area contributed by atoms with Crippen molar-refractivity contribution in [2.45, 2.75) is 75.7 Å². The highest BCUT2D eigenvalue weighted by Crippen LogP contribution is 2.72. The molecule has 0 radical (unpaired) electrons. The first-order valence-corrected chi connectivity index (χ1v) is 13.1. The van der Waals surface area contributed by atoms with Crippen LogP contribution in [0.3, 0.4) is 0 Å². The molecule has 2 heterocycles. The Labute approximate surface area is 220 Å². The summed E-state index contributed by atoms with van der Waals surface area (Å²) in [5, 5.41) is 21.1. The molecule has 1 aromatic heterocycles. The Morgan fingerprint density at radius 1 is 1.37 bits per heavy atom. The van der Waals surface area contributed by atoms with Gasteiger partial charge in [-0.2, -0.15) is 5.26 Å². The number of pyridine rings is 1. The number of Topliss-reactive ketones (excluding diaryl/α,β-unsaturated/α-hetero) is 1. The second-order valence-corrected chi connectivity index (χ2v) is 11.7. The summed E-state index contributed by atoms with van der Waals surface area (Å²) in [5.74, 6) is -1.04. The molecule has 5 aliphatic rings. The summed E-state index contributed by atoms with van der Waals surface area (Å²) in [6.45, 7) is 3.62. The zero-order chi connectivity index (χ0) is 27.1. The quantitative estimate of drug-likeness (QED) is 0.595. The minimum atomic E-state index is -2.04. The largest absolute Gasteiger partial charge is 0.496 e. The first kappa shape index (κ1) is 25.4. The highest BCUT2D eigenvalue weighted by atomic mass is 19.1. The molecule has 8 nitrogen and oxygen atoms in total. The molecule has 1 aliphatic heterocycles. The van der Waals surface area contributed by atoms with Gasteiger partial charge in [0.25, 0.3) is 0 Å². The van der Waals surface area contributed by atoms with Gasteiger partial charge in [-0.1, -0.05) is 24.6 Å². The number of hydrogen-bond acceptors (Lipinski definition) is 8. The molecule has 1 N–H and O–H groups in total. The monoisotopic (exact) mass is 522 g/mol. The number of aromatic nitrogens is 1. The number of allylic oxidation sites excluding steroid dienone is 4. The van der Waals surface area contributed by atoms with Crippen molar-refractivity contribution in [2.75, 3.05) is 7.11 Å².